The zero-order valence-electron chi connectivity index (χ0n) is 9.24. The predicted molar refractivity (Wildman–Crippen MR) is 64.5 cm³/mol. The van der Waals surface area contributed by atoms with Gasteiger partial charge in [-0.3, -0.25) is 4.79 Å². The van der Waals surface area contributed by atoms with Gasteiger partial charge in [0.15, 0.2) is 0 Å². The van der Waals surface area contributed by atoms with Crippen LogP contribution >= 0.6 is 11.3 Å². The summed E-state index contributed by atoms with van der Waals surface area (Å²) in [6, 6.07) is 2.04. The highest BCUT2D eigenvalue weighted by molar-refractivity contribution is 7.07. The molecule has 1 aliphatic carbocycles. The number of amides is 1. The van der Waals surface area contributed by atoms with Gasteiger partial charge in [-0.05, 0) is 48.1 Å². The van der Waals surface area contributed by atoms with Crippen LogP contribution < -0.4 is 5.32 Å². The van der Waals surface area contributed by atoms with E-state index in [2.05, 4.69) is 10.7 Å². The standard InChI is InChI=1S/C12H17NO2S/c14-11(3-2-10-4-7-16-8-10)13-9-12(15)5-1-6-12/h4,7-8,15H,1-3,5-6,9H2,(H,13,14). The van der Waals surface area contributed by atoms with Gasteiger partial charge in [0.2, 0.25) is 5.91 Å². The molecule has 1 fully saturated rings. The fourth-order valence-electron chi connectivity index (χ4n) is 1.81. The highest BCUT2D eigenvalue weighted by Crippen LogP contribution is 2.30. The first-order chi connectivity index (χ1) is 7.68. The lowest BCUT2D eigenvalue weighted by molar-refractivity contribution is -0.123. The zero-order chi connectivity index (χ0) is 11.4. The van der Waals surface area contributed by atoms with Crippen LogP contribution in [-0.2, 0) is 11.2 Å². The molecule has 1 amide bonds. The van der Waals surface area contributed by atoms with E-state index >= 15 is 0 Å². The molecule has 1 saturated carbocycles. The quantitative estimate of drug-likeness (QED) is 0.822. The topological polar surface area (TPSA) is 49.3 Å². The molecular formula is C12H17NO2S. The molecule has 3 nitrogen and oxygen atoms in total. The third-order valence-electron chi connectivity index (χ3n) is 3.12. The minimum atomic E-state index is -0.613. The van der Waals surface area contributed by atoms with E-state index in [0.717, 1.165) is 25.7 Å². The van der Waals surface area contributed by atoms with Crippen molar-refractivity contribution in [2.75, 3.05) is 6.54 Å². The third-order valence-corrected chi connectivity index (χ3v) is 3.85. The van der Waals surface area contributed by atoms with Gasteiger partial charge in [0.05, 0.1) is 5.60 Å². The molecule has 1 aromatic heterocycles. The first-order valence-corrected chi connectivity index (χ1v) is 6.62. The lowest BCUT2D eigenvalue weighted by atomic mass is 9.80. The Kier molecular flexibility index (Phi) is 3.61. The van der Waals surface area contributed by atoms with Gasteiger partial charge >= 0.3 is 0 Å². The summed E-state index contributed by atoms with van der Waals surface area (Å²) in [5.74, 6) is 0.0338. The molecule has 0 bridgehead atoms. The maximum absolute atomic E-state index is 11.5. The fourth-order valence-corrected chi connectivity index (χ4v) is 2.51. The van der Waals surface area contributed by atoms with Crippen molar-refractivity contribution in [3.63, 3.8) is 0 Å². The molecule has 1 aromatic rings. The molecule has 0 aromatic carbocycles. The average Bonchev–Trinajstić information content (AvgIpc) is 2.73. The van der Waals surface area contributed by atoms with Gasteiger partial charge in [0.1, 0.15) is 0 Å². The fraction of sp³-hybridized carbons (Fsp3) is 0.583. The molecule has 88 valence electrons. The molecule has 16 heavy (non-hydrogen) atoms. The second-order valence-corrected chi connectivity index (χ2v) is 5.27. The van der Waals surface area contributed by atoms with Crippen molar-refractivity contribution in [2.45, 2.75) is 37.7 Å². The molecule has 2 rings (SSSR count). The van der Waals surface area contributed by atoms with E-state index in [9.17, 15) is 9.90 Å². The van der Waals surface area contributed by atoms with Gasteiger partial charge in [-0.25, -0.2) is 0 Å². The number of hydrogen-bond donors (Lipinski definition) is 2. The minimum Gasteiger partial charge on any atom is -0.388 e. The SMILES string of the molecule is O=C(CCc1ccsc1)NCC1(O)CCC1. The number of aryl methyl sites for hydroxylation is 1. The van der Waals surface area contributed by atoms with E-state index in [1.54, 1.807) is 11.3 Å². The van der Waals surface area contributed by atoms with E-state index in [-0.39, 0.29) is 5.91 Å². The normalized spacial score (nSPS) is 17.8. The summed E-state index contributed by atoms with van der Waals surface area (Å²) in [4.78, 5) is 11.5. The number of thiophene rings is 1. The van der Waals surface area contributed by atoms with Crippen molar-refractivity contribution in [1.29, 1.82) is 0 Å². The maximum atomic E-state index is 11.5. The molecule has 1 aliphatic rings. The van der Waals surface area contributed by atoms with Crippen molar-refractivity contribution in [3.05, 3.63) is 22.4 Å². The number of carbonyl (C=O) groups is 1. The highest BCUT2D eigenvalue weighted by atomic mass is 32.1. The Morgan fingerprint density at radius 2 is 2.38 bits per heavy atom. The first kappa shape index (κ1) is 11.6. The Labute approximate surface area is 99.5 Å². The van der Waals surface area contributed by atoms with Crippen LogP contribution in [-0.4, -0.2) is 23.2 Å². The Balaban J connectivity index is 1.65. The number of nitrogens with one attached hydrogen (secondary N) is 1. The van der Waals surface area contributed by atoms with Crippen LogP contribution in [0.25, 0.3) is 0 Å². The minimum absolute atomic E-state index is 0.0338. The van der Waals surface area contributed by atoms with Crippen molar-refractivity contribution in [1.82, 2.24) is 5.32 Å². The predicted octanol–water partition coefficient (Wildman–Crippen LogP) is 1.71. The Bertz CT molecular complexity index is 344. The Hall–Kier alpha value is -0.870. The van der Waals surface area contributed by atoms with Crippen molar-refractivity contribution in [2.24, 2.45) is 0 Å². The largest absolute Gasteiger partial charge is 0.388 e. The first-order valence-electron chi connectivity index (χ1n) is 5.68. The number of carbonyl (C=O) groups excluding carboxylic acids is 1. The second-order valence-electron chi connectivity index (χ2n) is 4.49. The molecule has 0 saturated heterocycles. The van der Waals surface area contributed by atoms with Crippen LogP contribution in [0.5, 0.6) is 0 Å². The number of hydrogen-bond acceptors (Lipinski definition) is 3. The lowest BCUT2D eigenvalue weighted by Crippen LogP contribution is -2.47. The van der Waals surface area contributed by atoms with E-state index in [1.807, 2.05) is 11.4 Å². The highest BCUT2D eigenvalue weighted by Gasteiger charge is 2.34. The van der Waals surface area contributed by atoms with Crippen molar-refractivity contribution in [3.8, 4) is 0 Å². The van der Waals surface area contributed by atoms with Crippen LogP contribution in [0.1, 0.15) is 31.2 Å². The summed E-state index contributed by atoms with van der Waals surface area (Å²) in [7, 11) is 0. The van der Waals surface area contributed by atoms with Gasteiger partial charge < -0.3 is 10.4 Å². The van der Waals surface area contributed by atoms with Gasteiger partial charge in [-0.2, -0.15) is 11.3 Å². The smallest absolute Gasteiger partial charge is 0.220 e. The lowest BCUT2D eigenvalue weighted by Gasteiger charge is -2.36. The summed E-state index contributed by atoms with van der Waals surface area (Å²) in [5.41, 5.74) is 0.598. The summed E-state index contributed by atoms with van der Waals surface area (Å²) >= 11 is 1.65. The van der Waals surface area contributed by atoms with Gasteiger partial charge in [-0.1, -0.05) is 0 Å². The van der Waals surface area contributed by atoms with E-state index in [1.165, 1.54) is 5.56 Å². The summed E-state index contributed by atoms with van der Waals surface area (Å²) < 4.78 is 0. The van der Waals surface area contributed by atoms with Crippen LogP contribution in [0.2, 0.25) is 0 Å². The van der Waals surface area contributed by atoms with Gasteiger partial charge in [0.25, 0.3) is 0 Å². The van der Waals surface area contributed by atoms with Gasteiger partial charge in [-0.15, -0.1) is 0 Å². The Morgan fingerprint density at radius 3 is 2.94 bits per heavy atom. The molecule has 1 heterocycles. The molecule has 0 spiro atoms. The molecular weight excluding hydrogens is 222 g/mol. The molecule has 2 N–H and O–H groups in total. The average molecular weight is 239 g/mol. The van der Waals surface area contributed by atoms with Crippen LogP contribution in [0.4, 0.5) is 0 Å². The van der Waals surface area contributed by atoms with Crippen LogP contribution in [0, 0.1) is 0 Å². The maximum Gasteiger partial charge on any atom is 0.220 e. The molecule has 0 aliphatic heterocycles. The van der Waals surface area contributed by atoms with Crippen LogP contribution in [0.15, 0.2) is 16.8 Å². The molecule has 0 radical (unpaired) electrons. The summed E-state index contributed by atoms with van der Waals surface area (Å²) in [6.07, 6.45) is 4.00. The number of aliphatic hydroxyl groups is 1. The molecule has 4 heteroatoms. The van der Waals surface area contributed by atoms with Crippen molar-refractivity contribution < 1.29 is 9.90 Å². The summed E-state index contributed by atoms with van der Waals surface area (Å²) in [6.45, 7) is 0.412. The van der Waals surface area contributed by atoms with E-state index in [4.69, 9.17) is 0 Å². The molecule has 0 atom stereocenters. The van der Waals surface area contributed by atoms with Gasteiger partial charge in [0, 0.05) is 13.0 Å². The monoisotopic (exact) mass is 239 g/mol. The number of rotatable bonds is 5. The van der Waals surface area contributed by atoms with E-state index < -0.39 is 5.60 Å². The van der Waals surface area contributed by atoms with E-state index in [0.29, 0.717) is 13.0 Å². The van der Waals surface area contributed by atoms with Crippen LogP contribution in [0.3, 0.4) is 0 Å². The molecule has 0 unspecified atom stereocenters. The Morgan fingerprint density at radius 1 is 1.56 bits per heavy atom. The van der Waals surface area contributed by atoms with Crippen molar-refractivity contribution >= 4 is 17.2 Å². The zero-order valence-corrected chi connectivity index (χ0v) is 10.1. The second kappa shape index (κ2) is 4.97. The third kappa shape index (κ3) is 3.06. The summed E-state index contributed by atoms with van der Waals surface area (Å²) in [5, 5.41) is 16.7.